The zero-order valence-electron chi connectivity index (χ0n) is 68.0. The first kappa shape index (κ1) is 72.5. The number of thiophene rings is 1. The van der Waals surface area contributed by atoms with Gasteiger partial charge in [-0.15, -0.1) is 0 Å². The van der Waals surface area contributed by atoms with E-state index in [2.05, 4.69) is 434 Å². The number of benzene rings is 15. The number of hydrogen-bond donors (Lipinski definition) is 1. The molecule has 6 aliphatic heterocycles. The molecule has 1 saturated carbocycles. The second kappa shape index (κ2) is 28.5. The first-order valence-corrected chi connectivity index (χ1v) is 43.2. The van der Waals surface area contributed by atoms with Crippen molar-refractivity contribution < 1.29 is 9.47 Å². The van der Waals surface area contributed by atoms with Crippen LogP contribution in [0.15, 0.2) is 374 Å². The smallest absolute Gasteiger partial charge is 0.264 e. The van der Waals surface area contributed by atoms with Crippen LogP contribution in [0.1, 0.15) is 55.2 Å². The summed E-state index contributed by atoms with van der Waals surface area (Å²) in [5.41, 5.74) is 34.7. The highest BCUT2D eigenvalue weighted by molar-refractivity contribution is 7.87. The van der Waals surface area contributed by atoms with E-state index in [1.807, 2.05) is 11.3 Å². The summed E-state index contributed by atoms with van der Waals surface area (Å²) >= 11 is 7.81. The number of aryl methyl sites for hydroxylation is 3. The van der Waals surface area contributed by atoms with Gasteiger partial charge in [0.1, 0.15) is 23.0 Å². The summed E-state index contributed by atoms with van der Waals surface area (Å²) in [6.07, 6.45) is 4.31. The fraction of sp³-hybridized carbons (Fsp3) is 0.0841. The third-order valence-electron chi connectivity index (χ3n) is 25.2. The van der Waals surface area contributed by atoms with Crippen molar-refractivity contribution in [2.75, 3.05) is 34.3 Å². The van der Waals surface area contributed by atoms with Crippen molar-refractivity contribution >= 4 is 207 Å². The number of thiol groups is 1. The van der Waals surface area contributed by atoms with E-state index in [0.29, 0.717) is 0 Å². The van der Waals surface area contributed by atoms with Crippen LogP contribution in [-0.2, 0) is 5.41 Å². The molecule has 0 amide bonds. The fourth-order valence-electron chi connectivity index (χ4n) is 19.6. The molecule has 1 fully saturated rings. The Labute approximate surface area is 717 Å². The number of para-hydroxylation sites is 10. The van der Waals surface area contributed by atoms with Crippen molar-refractivity contribution in [2.24, 2.45) is 0 Å². The number of rotatable bonds is 14. The average molecular weight is 1590 g/mol. The van der Waals surface area contributed by atoms with Crippen molar-refractivity contribution in [1.82, 2.24) is 0 Å². The van der Waals surface area contributed by atoms with Crippen LogP contribution in [0.2, 0.25) is 0 Å². The van der Waals surface area contributed by atoms with Crippen LogP contribution in [-0.4, -0.2) is 20.1 Å². The van der Waals surface area contributed by atoms with Crippen molar-refractivity contribution in [3.05, 3.63) is 396 Å². The molecule has 0 N–H and O–H groups in total. The summed E-state index contributed by atoms with van der Waals surface area (Å²) in [7, 11) is 0. The van der Waals surface area contributed by atoms with E-state index in [1.54, 1.807) is 0 Å². The molecule has 23 rings (SSSR count). The molecule has 1 aromatic heterocycles. The molecule has 0 saturated heterocycles. The molecule has 0 spiro atoms. The average Bonchev–Trinajstić information content (AvgIpc) is 1.07. The van der Waals surface area contributed by atoms with Crippen LogP contribution in [0.4, 0.5) is 119 Å². The van der Waals surface area contributed by atoms with Crippen LogP contribution in [0.5, 0.6) is 17.2 Å². The monoisotopic (exact) mass is 1590 g/mol. The number of nitrogens with zero attached hydrogens (tertiary/aromatic N) is 7. The van der Waals surface area contributed by atoms with Crippen LogP contribution >= 0.6 is 24.0 Å². The number of hydrogen-bond acceptors (Lipinski definition) is 11. The Morgan fingerprint density at radius 3 is 1.10 bits per heavy atom. The number of allylic oxidation sites excluding steroid dienone is 2. The second-order valence-corrected chi connectivity index (χ2v) is 35.4. The number of fused-ring (bicyclic) bond motifs is 10. The van der Waals surface area contributed by atoms with E-state index in [9.17, 15) is 0 Å². The Hall–Kier alpha value is -13.8. The Balaban J connectivity index is 0.843. The third kappa shape index (κ3) is 11.8. The molecule has 15 aromatic carbocycles. The Kier molecular flexibility index (Phi) is 17.1. The van der Waals surface area contributed by atoms with Crippen molar-refractivity contribution in [2.45, 2.75) is 59.8 Å². The summed E-state index contributed by atoms with van der Waals surface area (Å²) in [4.78, 5) is 19.7. The highest BCUT2D eigenvalue weighted by Gasteiger charge is 2.52. The predicted octanol–water partition coefficient (Wildman–Crippen LogP) is 24.1. The molecule has 1 aliphatic carbocycles. The summed E-state index contributed by atoms with van der Waals surface area (Å²) in [6.45, 7) is 12.9. The quantitative estimate of drug-likeness (QED) is 0.0847. The van der Waals surface area contributed by atoms with Gasteiger partial charge in [-0.05, 0) is 240 Å². The highest BCUT2D eigenvalue weighted by Crippen LogP contribution is 2.56. The van der Waals surface area contributed by atoms with E-state index >= 15 is 0 Å². The number of ether oxygens (including phenoxy) is 2. The van der Waals surface area contributed by atoms with Gasteiger partial charge in [0.2, 0.25) is 0 Å². The predicted molar refractivity (Wildman–Crippen MR) is 515 cm³/mol. The molecular formula is C107H82B3N7O2S2. The molecule has 0 atom stereocenters. The zero-order chi connectivity index (χ0) is 81.0. The minimum absolute atomic E-state index is 0.192. The molecule has 0 bridgehead atoms. The van der Waals surface area contributed by atoms with Crippen LogP contribution in [0, 0.1) is 20.8 Å². The Morgan fingerprint density at radius 1 is 0.314 bits per heavy atom. The first-order chi connectivity index (χ1) is 59.3. The summed E-state index contributed by atoms with van der Waals surface area (Å²) < 4.78 is 16.9. The summed E-state index contributed by atoms with van der Waals surface area (Å²) in [5.74, 6) is 3.12. The van der Waals surface area contributed by atoms with E-state index in [1.165, 1.54) is 37.3 Å². The normalized spacial score (nSPS) is 14.0. The van der Waals surface area contributed by atoms with Crippen LogP contribution in [0.3, 0.4) is 0 Å². The molecule has 0 unspecified atom stereocenters. The van der Waals surface area contributed by atoms with Crippen molar-refractivity contribution in [3.8, 4) is 17.2 Å². The van der Waals surface area contributed by atoms with Gasteiger partial charge in [-0.25, -0.2) is 0 Å². The van der Waals surface area contributed by atoms with Gasteiger partial charge in [-0.2, -0.15) is 24.0 Å². The van der Waals surface area contributed by atoms with E-state index in [4.69, 9.17) is 22.1 Å². The lowest BCUT2D eigenvalue weighted by atomic mass is 9.30. The zero-order valence-corrected chi connectivity index (χ0v) is 69.7. The van der Waals surface area contributed by atoms with Crippen molar-refractivity contribution in [1.29, 1.82) is 0 Å². The molecular weight excluding hydrogens is 1510 g/mol. The Bertz CT molecular complexity index is 6820. The fourth-order valence-corrected chi connectivity index (χ4v) is 21.3. The van der Waals surface area contributed by atoms with Gasteiger partial charge in [0, 0.05) is 129 Å². The van der Waals surface area contributed by atoms with Crippen molar-refractivity contribution in [3.63, 3.8) is 0 Å². The van der Waals surface area contributed by atoms with E-state index in [0.717, 1.165) is 193 Å². The lowest BCUT2D eigenvalue weighted by Crippen LogP contribution is -2.65. The van der Waals surface area contributed by atoms with E-state index in [-0.39, 0.29) is 18.8 Å². The first-order valence-electron chi connectivity index (χ1n) is 42.0. The summed E-state index contributed by atoms with van der Waals surface area (Å²) in [6, 6.07) is 130. The van der Waals surface area contributed by atoms with Gasteiger partial charge in [0.15, 0.2) is 0 Å². The van der Waals surface area contributed by atoms with Gasteiger partial charge in [0.25, 0.3) is 20.1 Å². The largest absolute Gasteiger partial charge is 0.458 e. The topological polar surface area (TPSA) is 41.1 Å². The van der Waals surface area contributed by atoms with Gasteiger partial charge in [0.05, 0.1) is 22.7 Å². The minimum Gasteiger partial charge on any atom is -0.458 e. The molecule has 16 aromatic rings. The molecule has 9 nitrogen and oxygen atoms in total. The number of anilines is 21. The minimum atomic E-state index is -0.408. The molecule has 7 aliphatic rings. The molecule has 7 heterocycles. The maximum absolute atomic E-state index is 8.15. The summed E-state index contributed by atoms with van der Waals surface area (Å²) in [5, 5.41) is 0. The van der Waals surface area contributed by atoms with Gasteiger partial charge in [-0.1, -0.05) is 220 Å². The van der Waals surface area contributed by atoms with Crippen LogP contribution in [0.25, 0.3) is 0 Å². The maximum atomic E-state index is 8.15. The standard InChI is InChI=1S/C107H82B3N7O2S2/c1-68-34-28-31-51-86(68)115-90-65-89-82(63-84(90)110-102-92(114(78-49-26-13-27-50-78)96-67-101(107(4,5)6)121-106(96)110)57-79(58-93(102)115)111(72-37-14-7-15-38-72)73-39-16-8-17-40-73)108-85-64-83-91(66-97(85)118-98-61-80(59-94(103(98)108)116(89)87-52-32-29-35-69(87)2)112(74-41-18-9-19-42-74)75-43-20-10-21-44-75)117(88-53-33-30-36-70(88)3)95-60-81(113(76-45-22-11-23-46-76)77-47-24-12-25-48-77)62-99-104(95)109(83)105(120)100(119-99)56-71-54-55-71/h7-53,56-67,120H,54-55H2,1-6H3. The van der Waals surface area contributed by atoms with E-state index < -0.39 is 6.71 Å². The molecule has 121 heavy (non-hydrogen) atoms. The maximum Gasteiger partial charge on any atom is 0.264 e. The molecule has 578 valence electrons. The Morgan fingerprint density at radius 2 is 0.669 bits per heavy atom. The second-order valence-electron chi connectivity index (χ2n) is 33.8. The highest BCUT2D eigenvalue weighted by atomic mass is 32.1. The lowest BCUT2D eigenvalue weighted by molar-refractivity contribution is 0.445. The lowest BCUT2D eigenvalue weighted by Gasteiger charge is -2.47. The van der Waals surface area contributed by atoms with Gasteiger partial charge >= 0.3 is 0 Å². The molecule has 0 radical (unpaired) electrons. The van der Waals surface area contributed by atoms with Gasteiger partial charge in [-0.3, -0.25) is 0 Å². The third-order valence-corrected chi connectivity index (χ3v) is 27.3. The SMILES string of the molecule is Cc1ccccc1N1c2cc3c(cc2B2C(S)=C(C=C4CC4)Oc4cc(N(c5ccccc5)c5ccccc5)cc1c42)B1c2cc4c(cc2N(c2ccccc2C)c2cc(N(c5ccccc5)c5ccccc5)cc(c21)O3)N(c1ccccc1C)c1cc(N(c2ccccc2)c2ccccc2)cc2c1B4c1sc(C(C)(C)C)cc1N2c1ccccc1. The molecule has 14 heteroatoms. The van der Waals surface area contributed by atoms with Gasteiger partial charge < -0.3 is 43.8 Å². The van der Waals surface area contributed by atoms with Crippen LogP contribution < -0.4 is 86.8 Å².